The molecule has 0 unspecified atom stereocenters. The summed E-state index contributed by atoms with van der Waals surface area (Å²) in [4.78, 5) is 50.3. The molecule has 0 saturated heterocycles. The van der Waals surface area contributed by atoms with E-state index in [-0.39, 0.29) is 25.5 Å². The van der Waals surface area contributed by atoms with Crippen LogP contribution in [0.3, 0.4) is 0 Å². The zero-order valence-corrected chi connectivity index (χ0v) is 17.2. The first kappa shape index (κ1) is 21.6. The number of ether oxygens (including phenoxy) is 1. The number of carbonyl (C=O) groups excluding carboxylic acids is 4. The number of nitrogens with zero attached hydrogens (tertiary/aromatic N) is 1. The highest BCUT2D eigenvalue weighted by atomic mass is 32.2. The second-order valence-corrected chi connectivity index (χ2v) is 7.75. The maximum Gasteiger partial charge on any atom is 0.308 e. The zero-order valence-electron chi connectivity index (χ0n) is 16.3. The number of thioether (sulfide) groups is 1. The van der Waals surface area contributed by atoms with Crippen molar-refractivity contribution in [2.75, 3.05) is 25.4 Å². The monoisotopic (exact) mass is 426 g/mol. The molecular weight excluding hydrogens is 404 g/mol. The minimum absolute atomic E-state index is 0.0799. The molecule has 3 rings (SSSR count). The molecule has 0 bridgehead atoms. The molecule has 0 atom stereocenters. The SMILES string of the molecule is O=C(COC(=O)CCN1C(=O)c2ccccc2C1=O)NCCCSc1ccccc1. The largest absolute Gasteiger partial charge is 0.456 e. The van der Waals surface area contributed by atoms with Gasteiger partial charge in [-0.05, 0) is 36.4 Å². The Kier molecular flexibility index (Phi) is 7.62. The van der Waals surface area contributed by atoms with Gasteiger partial charge in [-0.2, -0.15) is 0 Å². The number of hydrogen-bond donors (Lipinski definition) is 1. The third kappa shape index (κ3) is 5.70. The topological polar surface area (TPSA) is 92.8 Å². The van der Waals surface area contributed by atoms with Crippen LogP contribution in [0.5, 0.6) is 0 Å². The smallest absolute Gasteiger partial charge is 0.308 e. The van der Waals surface area contributed by atoms with Crippen LogP contribution in [0.25, 0.3) is 0 Å². The molecule has 8 heteroatoms. The molecule has 0 aromatic heterocycles. The normalized spacial score (nSPS) is 12.6. The van der Waals surface area contributed by atoms with Crippen LogP contribution in [-0.4, -0.2) is 54.0 Å². The van der Waals surface area contributed by atoms with E-state index >= 15 is 0 Å². The van der Waals surface area contributed by atoms with Crippen LogP contribution in [0.15, 0.2) is 59.5 Å². The first-order valence-corrected chi connectivity index (χ1v) is 10.6. The number of imide groups is 1. The highest BCUT2D eigenvalue weighted by Crippen LogP contribution is 2.22. The van der Waals surface area contributed by atoms with E-state index in [9.17, 15) is 19.2 Å². The third-order valence-electron chi connectivity index (χ3n) is 4.44. The summed E-state index contributed by atoms with van der Waals surface area (Å²) >= 11 is 1.71. The van der Waals surface area contributed by atoms with E-state index in [1.54, 1.807) is 36.0 Å². The summed E-state index contributed by atoms with van der Waals surface area (Å²) in [6.07, 6.45) is 0.630. The van der Waals surface area contributed by atoms with E-state index in [0.717, 1.165) is 17.1 Å². The van der Waals surface area contributed by atoms with Gasteiger partial charge in [0.15, 0.2) is 6.61 Å². The lowest BCUT2D eigenvalue weighted by Gasteiger charge is -2.13. The molecule has 0 radical (unpaired) electrons. The van der Waals surface area contributed by atoms with Gasteiger partial charge in [-0.1, -0.05) is 30.3 Å². The fraction of sp³-hybridized carbons (Fsp3) is 0.273. The predicted octanol–water partition coefficient (Wildman–Crippen LogP) is 2.51. The average molecular weight is 426 g/mol. The van der Waals surface area contributed by atoms with Crippen molar-refractivity contribution in [1.29, 1.82) is 0 Å². The van der Waals surface area contributed by atoms with Gasteiger partial charge in [-0.3, -0.25) is 24.1 Å². The number of nitrogens with one attached hydrogen (secondary N) is 1. The Hall–Kier alpha value is -3.13. The van der Waals surface area contributed by atoms with Crippen molar-refractivity contribution in [2.24, 2.45) is 0 Å². The fourth-order valence-corrected chi connectivity index (χ4v) is 3.80. The Morgan fingerprint density at radius 1 is 0.933 bits per heavy atom. The molecule has 30 heavy (non-hydrogen) atoms. The standard InChI is InChI=1S/C22H22N2O5S/c25-19(23-12-6-14-30-16-7-2-1-3-8-16)15-29-20(26)11-13-24-21(27)17-9-4-5-10-18(17)22(24)28/h1-5,7-10H,6,11-15H2,(H,23,25). The molecule has 1 N–H and O–H groups in total. The number of rotatable bonds is 10. The van der Waals surface area contributed by atoms with Crippen molar-refractivity contribution in [2.45, 2.75) is 17.7 Å². The van der Waals surface area contributed by atoms with Crippen molar-refractivity contribution < 1.29 is 23.9 Å². The maximum absolute atomic E-state index is 12.2. The van der Waals surface area contributed by atoms with Crippen LogP contribution < -0.4 is 5.32 Å². The number of amides is 3. The highest BCUT2D eigenvalue weighted by molar-refractivity contribution is 7.99. The van der Waals surface area contributed by atoms with E-state index in [1.807, 2.05) is 30.3 Å². The summed E-state index contributed by atoms with van der Waals surface area (Å²) in [5.41, 5.74) is 0.668. The summed E-state index contributed by atoms with van der Waals surface area (Å²) in [6.45, 7) is 0.0293. The predicted molar refractivity (Wildman–Crippen MR) is 112 cm³/mol. The number of benzene rings is 2. The lowest BCUT2D eigenvalue weighted by atomic mass is 10.1. The van der Waals surface area contributed by atoms with Crippen molar-refractivity contribution in [3.05, 3.63) is 65.7 Å². The van der Waals surface area contributed by atoms with Gasteiger partial charge < -0.3 is 10.1 Å². The van der Waals surface area contributed by atoms with Crippen molar-refractivity contribution in [3.63, 3.8) is 0 Å². The molecule has 156 valence electrons. The minimum Gasteiger partial charge on any atom is -0.456 e. The Balaban J connectivity index is 1.29. The first-order chi connectivity index (χ1) is 14.6. The quantitative estimate of drug-likeness (QED) is 0.272. The van der Waals surface area contributed by atoms with Crippen molar-refractivity contribution >= 4 is 35.5 Å². The Morgan fingerprint density at radius 3 is 2.23 bits per heavy atom. The number of carbonyl (C=O) groups is 4. The van der Waals surface area contributed by atoms with Crippen LogP contribution in [0.2, 0.25) is 0 Å². The molecule has 0 spiro atoms. The van der Waals surface area contributed by atoms with Crippen molar-refractivity contribution in [3.8, 4) is 0 Å². The van der Waals surface area contributed by atoms with E-state index in [0.29, 0.717) is 17.7 Å². The van der Waals surface area contributed by atoms with Gasteiger partial charge in [-0.15, -0.1) is 11.8 Å². The Bertz CT molecular complexity index is 897. The second-order valence-electron chi connectivity index (χ2n) is 6.58. The third-order valence-corrected chi connectivity index (χ3v) is 5.54. The molecule has 1 heterocycles. The van der Waals surface area contributed by atoms with Crippen LogP contribution >= 0.6 is 11.8 Å². The lowest BCUT2D eigenvalue weighted by molar-refractivity contribution is -0.148. The van der Waals surface area contributed by atoms with Gasteiger partial charge >= 0.3 is 5.97 Å². The summed E-state index contributed by atoms with van der Waals surface area (Å²) < 4.78 is 4.93. The Morgan fingerprint density at radius 2 is 1.57 bits per heavy atom. The first-order valence-electron chi connectivity index (χ1n) is 9.61. The van der Waals surface area contributed by atoms with E-state index < -0.39 is 17.8 Å². The molecule has 0 fully saturated rings. The summed E-state index contributed by atoms with van der Waals surface area (Å²) in [7, 11) is 0. The molecule has 1 aliphatic rings. The van der Waals surface area contributed by atoms with Gasteiger partial charge in [0, 0.05) is 18.0 Å². The fourth-order valence-electron chi connectivity index (χ4n) is 2.92. The molecule has 1 aliphatic heterocycles. The second kappa shape index (κ2) is 10.6. The summed E-state index contributed by atoms with van der Waals surface area (Å²) in [5, 5.41) is 2.70. The molecular formula is C22H22N2O5S. The van der Waals surface area contributed by atoms with Crippen molar-refractivity contribution in [1.82, 2.24) is 10.2 Å². The summed E-state index contributed by atoms with van der Waals surface area (Å²) in [6, 6.07) is 16.5. The Labute approximate surface area is 178 Å². The number of esters is 1. The van der Waals surface area contributed by atoms with E-state index in [4.69, 9.17) is 4.74 Å². The van der Waals surface area contributed by atoms with E-state index in [2.05, 4.69) is 5.32 Å². The molecule has 3 amide bonds. The maximum atomic E-state index is 12.2. The van der Waals surface area contributed by atoms with Crippen LogP contribution in [0.4, 0.5) is 0 Å². The van der Waals surface area contributed by atoms with Gasteiger partial charge in [0.05, 0.1) is 17.5 Å². The molecule has 0 saturated carbocycles. The average Bonchev–Trinajstić information content (AvgIpc) is 3.01. The summed E-state index contributed by atoms with van der Waals surface area (Å²) in [5.74, 6) is -0.996. The number of hydrogen-bond acceptors (Lipinski definition) is 6. The van der Waals surface area contributed by atoms with Gasteiger partial charge in [-0.25, -0.2) is 0 Å². The van der Waals surface area contributed by atoms with Gasteiger partial charge in [0.2, 0.25) is 0 Å². The molecule has 0 aliphatic carbocycles. The highest BCUT2D eigenvalue weighted by Gasteiger charge is 2.35. The lowest BCUT2D eigenvalue weighted by Crippen LogP contribution is -2.33. The van der Waals surface area contributed by atoms with Gasteiger partial charge in [0.25, 0.3) is 17.7 Å². The number of fused-ring (bicyclic) bond motifs is 1. The van der Waals surface area contributed by atoms with E-state index in [1.165, 1.54) is 4.90 Å². The van der Waals surface area contributed by atoms with Crippen LogP contribution in [0.1, 0.15) is 33.6 Å². The van der Waals surface area contributed by atoms with Gasteiger partial charge in [0.1, 0.15) is 0 Å². The zero-order chi connectivity index (χ0) is 21.3. The van der Waals surface area contributed by atoms with Crippen LogP contribution in [0, 0.1) is 0 Å². The minimum atomic E-state index is -0.638. The molecule has 2 aromatic carbocycles. The molecule has 2 aromatic rings. The van der Waals surface area contributed by atoms with Crippen LogP contribution in [-0.2, 0) is 14.3 Å². The molecule has 7 nitrogen and oxygen atoms in total.